The van der Waals surface area contributed by atoms with Crippen LogP contribution in [0.2, 0.25) is 5.02 Å². The van der Waals surface area contributed by atoms with E-state index in [4.69, 9.17) is 11.6 Å². The van der Waals surface area contributed by atoms with Crippen molar-refractivity contribution in [3.63, 3.8) is 0 Å². The highest BCUT2D eigenvalue weighted by atomic mass is 35.5. The molecule has 0 aromatic heterocycles. The SMILES string of the molecule is CNCC1(C(=O)Nc2ccc(C)c(Cl)c2)CCC1. The predicted octanol–water partition coefficient (Wildman–Crippen LogP) is 2.98. The topological polar surface area (TPSA) is 41.1 Å². The number of carbonyl (C=O) groups excluding carboxylic acids is 1. The van der Waals surface area contributed by atoms with Gasteiger partial charge in [0.05, 0.1) is 5.41 Å². The highest BCUT2D eigenvalue weighted by Crippen LogP contribution is 2.41. The fourth-order valence-corrected chi connectivity index (χ4v) is 2.54. The fourth-order valence-electron chi connectivity index (χ4n) is 2.36. The van der Waals surface area contributed by atoms with Gasteiger partial charge in [-0.1, -0.05) is 24.1 Å². The van der Waals surface area contributed by atoms with Crippen molar-refractivity contribution >= 4 is 23.2 Å². The third kappa shape index (κ3) is 2.52. The molecule has 98 valence electrons. The summed E-state index contributed by atoms with van der Waals surface area (Å²) in [7, 11) is 1.89. The van der Waals surface area contributed by atoms with Crippen molar-refractivity contribution in [3.8, 4) is 0 Å². The first-order valence-electron chi connectivity index (χ1n) is 6.30. The van der Waals surface area contributed by atoms with Crippen molar-refractivity contribution in [2.75, 3.05) is 18.9 Å². The summed E-state index contributed by atoms with van der Waals surface area (Å²) in [5.41, 5.74) is 1.56. The van der Waals surface area contributed by atoms with Crippen LogP contribution >= 0.6 is 11.6 Å². The summed E-state index contributed by atoms with van der Waals surface area (Å²) in [6.45, 7) is 2.68. The Morgan fingerprint density at radius 1 is 1.44 bits per heavy atom. The van der Waals surface area contributed by atoms with Crippen LogP contribution in [0.15, 0.2) is 18.2 Å². The molecule has 2 rings (SSSR count). The van der Waals surface area contributed by atoms with E-state index in [9.17, 15) is 4.79 Å². The molecule has 1 aromatic carbocycles. The lowest BCUT2D eigenvalue weighted by Gasteiger charge is -2.40. The number of carbonyl (C=O) groups is 1. The molecule has 0 bridgehead atoms. The molecule has 0 saturated heterocycles. The van der Waals surface area contributed by atoms with Crippen LogP contribution in [0.25, 0.3) is 0 Å². The van der Waals surface area contributed by atoms with Crippen molar-refractivity contribution in [2.24, 2.45) is 5.41 Å². The van der Waals surface area contributed by atoms with Gasteiger partial charge in [-0.05, 0) is 44.5 Å². The van der Waals surface area contributed by atoms with Crippen molar-refractivity contribution in [3.05, 3.63) is 28.8 Å². The Balaban J connectivity index is 2.08. The van der Waals surface area contributed by atoms with Gasteiger partial charge in [0, 0.05) is 17.3 Å². The number of amides is 1. The van der Waals surface area contributed by atoms with E-state index in [0.29, 0.717) is 5.02 Å². The van der Waals surface area contributed by atoms with Crippen LogP contribution in [-0.2, 0) is 4.79 Å². The van der Waals surface area contributed by atoms with Crippen molar-refractivity contribution in [2.45, 2.75) is 26.2 Å². The van der Waals surface area contributed by atoms with Crippen molar-refractivity contribution in [1.29, 1.82) is 0 Å². The Hall–Kier alpha value is -1.06. The van der Waals surface area contributed by atoms with Crippen LogP contribution in [0.3, 0.4) is 0 Å². The summed E-state index contributed by atoms with van der Waals surface area (Å²) in [6.07, 6.45) is 3.04. The number of hydrogen-bond donors (Lipinski definition) is 2. The summed E-state index contributed by atoms with van der Waals surface area (Å²) >= 11 is 6.06. The minimum atomic E-state index is -0.230. The number of anilines is 1. The maximum atomic E-state index is 12.3. The molecule has 1 saturated carbocycles. The molecule has 1 fully saturated rings. The van der Waals surface area contributed by atoms with Crippen LogP contribution in [0, 0.1) is 12.3 Å². The van der Waals surface area contributed by atoms with E-state index >= 15 is 0 Å². The Kier molecular flexibility index (Phi) is 3.93. The molecule has 0 unspecified atom stereocenters. The standard InChI is InChI=1S/C14H19ClN2O/c1-10-4-5-11(8-12(10)15)17-13(18)14(9-16-2)6-3-7-14/h4-5,8,16H,3,6-7,9H2,1-2H3,(H,17,18). The summed E-state index contributed by atoms with van der Waals surface area (Å²) in [4.78, 5) is 12.3. The van der Waals surface area contributed by atoms with Crippen molar-refractivity contribution < 1.29 is 4.79 Å². The van der Waals surface area contributed by atoms with E-state index in [2.05, 4.69) is 10.6 Å². The van der Waals surface area contributed by atoms with Gasteiger partial charge in [-0.2, -0.15) is 0 Å². The quantitative estimate of drug-likeness (QED) is 0.880. The maximum absolute atomic E-state index is 12.3. The van der Waals surface area contributed by atoms with E-state index in [1.165, 1.54) is 0 Å². The first-order chi connectivity index (χ1) is 8.57. The van der Waals surface area contributed by atoms with E-state index in [-0.39, 0.29) is 11.3 Å². The lowest BCUT2D eigenvalue weighted by atomic mass is 9.68. The van der Waals surface area contributed by atoms with Gasteiger partial charge in [-0.25, -0.2) is 0 Å². The van der Waals surface area contributed by atoms with Gasteiger partial charge in [-0.15, -0.1) is 0 Å². The van der Waals surface area contributed by atoms with Gasteiger partial charge in [0.25, 0.3) is 0 Å². The molecule has 4 heteroatoms. The minimum absolute atomic E-state index is 0.100. The molecule has 0 spiro atoms. The van der Waals surface area contributed by atoms with Gasteiger partial charge < -0.3 is 10.6 Å². The first-order valence-corrected chi connectivity index (χ1v) is 6.67. The van der Waals surface area contributed by atoms with Gasteiger partial charge in [0.15, 0.2) is 0 Å². The molecule has 1 aliphatic carbocycles. The number of hydrogen-bond acceptors (Lipinski definition) is 2. The molecule has 0 aliphatic heterocycles. The molecule has 18 heavy (non-hydrogen) atoms. The van der Waals surface area contributed by atoms with E-state index < -0.39 is 0 Å². The first kappa shape index (κ1) is 13.4. The average Bonchev–Trinajstić information content (AvgIpc) is 2.28. The molecule has 2 N–H and O–H groups in total. The summed E-state index contributed by atoms with van der Waals surface area (Å²) < 4.78 is 0. The number of rotatable bonds is 4. The largest absolute Gasteiger partial charge is 0.326 e. The van der Waals surface area contributed by atoms with E-state index in [0.717, 1.165) is 37.1 Å². The lowest BCUT2D eigenvalue weighted by molar-refractivity contribution is -0.129. The zero-order valence-corrected chi connectivity index (χ0v) is 11.6. The highest BCUT2D eigenvalue weighted by molar-refractivity contribution is 6.31. The zero-order chi connectivity index (χ0) is 13.2. The van der Waals surface area contributed by atoms with Crippen LogP contribution < -0.4 is 10.6 Å². The minimum Gasteiger partial charge on any atom is -0.326 e. The van der Waals surface area contributed by atoms with Crippen LogP contribution in [0.4, 0.5) is 5.69 Å². The molecule has 0 radical (unpaired) electrons. The Bertz CT molecular complexity index is 455. The van der Waals surface area contributed by atoms with E-state index in [1.54, 1.807) is 6.07 Å². The average molecular weight is 267 g/mol. The van der Waals surface area contributed by atoms with Gasteiger partial charge in [-0.3, -0.25) is 4.79 Å². The molecular formula is C14H19ClN2O. The lowest BCUT2D eigenvalue weighted by Crippen LogP contribution is -2.48. The summed E-state index contributed by atoms with van der Waals surface area (Å²) in [5, 5.41) is 6.77. The molecule has 0 heterocycles. The second kappa shape index (κ2) is 5.29. The Labute approximate surface area is 113 Å². The second-order valence-corrected chi connectivity index (χ2v) is 5.49. The number of aryl methyl sites for hydroxylation is 1. The number of nitrogens with one attached hydrogen (secondary N) is 2. The fraction of sp³-hybridized carbons (Fsp3) is 0.500. The van der Waals surface area contributed by atoms with E-state index in [1.807, 2.05) is 26.1 Å². The van der Waals surface area contributed by atoms with Gasteiger partial charge in [0.1, 0.15) is 0 Å². The predicted molar refractivity (Wildman–Crippen MR) is 75.0 cm³/mol. The third-order valence-corrected chi connectivity index (χ3v) is 4.14. The molecule has 0 atom stereocenters. The van der Waals surface area contributed by atoms with Crippen LogP contribution in [0.1, 0.15) is 24.8 Å². The molecule has 3 nitrogen and oxygen atoms in total. The normalized spacial score (nSPS) is 17.1. The summed E-state index contributed by atoms with van der Waals surface area (Å²) in [6, 6.07) is 5.62. The molecular weight excluding hydrogens is 248 g/mol. The monoisotopic (exact) mass is 266 g/mol. The Morgan fingerprint density at radius 3 is 2.67 bits per heavy atom. The highest BCUT2D eigenvalue weighted by Gasteiger charge is 2.43. The smallest absolute Gasteiger partial charge is 0.231 e. The zero-order valence-electron chi connectivity index (χ0n) is 10.8. The number of halogens is 1. The summed E-state index contributed by atoms with van der Waals surface area (Å²) in [5.74, 6) is 0.100. The molecule has 1 amide bonds. The van der Waals surface area contributed by atoms with Gasteiger partial charge in [0.2, 0.25) is 5.91 Å². The third-order valence-electron chi connectivity index (χ3n) is 3.74. The number of benzene rings is 1. The maximum Gasteiger partial charge on any atom is 0.231 e. The van der Waals surface area contributed by atoms with Gasteiger partial charge >= 0.3 is 0 Å². The van der Waals surface area contributed by atoms with Crippen LogP contribution in [-0.4, -0.2) is 19.5 Å². The molecule has 1 aromatic rings. The second-order valence-electron chi connectivity index (χ2n) is 5.08. The van der Waals surface area contributed by atoms with Crippen molar-refractivity contribution in [1.82, 2.24) is 5.32 Å². The van der Waals surface area contributed by atoms with Crippen LogP contribution in [0.5, 0.6) is 0 Å². The molecule has 1 aliphatic rings. The Morgan fingerprint density at radius 2 is 2.17 bits per heavy atom.